The SMILES string of the molecule is CCCCn1c(C)cc(=O)c(O)c1CN1CCCCC1CC. The Morgan fingerprint density at radius 1 is 1.32 bits per heavy atom. The van der Waals surface area contributed by atoms with Crippen molar-refractivity contribution in [3.63, 3.8) is 0 Å². The van der Waals surface area contributed by atoms with Crippen molar-refractivity contribution in [3.05, 3.63) is 27.7 Å². The number of aromatic nitrogens is 1. The standard InChI is InChI=1S/C18H30N2O2/c1-4-6-11-20-14(3)12-17(21)18(22)16(20)13-19-10-8-7-9-15(19)5-2/h12,15,22H,4-11,13H2,1-3H3. The molecule has 4 heteroatoms. The van der Waals surface area contributed by atoms with Crippen LogP contribution in [0.2, 0.25) is 0 Å². The van der Waals surface area contributed by atoms with Gasteiger partial charge in [0.2, 0.25) is 5.43 Å². The third-order valence-corrected chi connectivity index (χ3v) is 4.91. The van der Waals surface area contributed by atoms with Gasteiger partial charge in [-0.2, -0.15) is 0 Å². The van der Waals surface area contributed by atoms with E-state index in [1.807, 2.05) is 6.92 Å². The molecule has 0 saturated carbocycles. The van der Waals surface area contributed by atoms with Gasteiger partial charge in [-0.05, 0) is 39.2 Å². The summed E-state index contributed by atoms with van der Waals surface area (Å²) in [5.74, 6) is -0.0536. The monoisotopic (exact) mass is 306 g/mol. The van der Waals surface area contributed by atoms with Gasteiger partial charge in [-0.3, -0.25) is 9.69 Å². The van der Waals surface area contributed by atoms with E-state index >= 15 is 0 Å². The molecule has 2 rings (SSSR count). The minimum atomic E-state index is -0.245. The molecule has 0 bridgehead atoms. The molecule has 0 aliphatic carbocycles. The highest BCUT2D eigenvalue weighted by Gasteiger charge is 2.24. The summed E-state index contributed by atoms with van der Waals surface area (Å²) in [4.78, 5) is 14.4. The zero-order valence-corrected chi connectivity index (χ0v) is 14.3. The second-order valence-corrected chi connectivity index (χ2v) is 6.48. The van der Waals surface area contributed by atoms with Crippen LogP contribution in [0.1, 0.15) is 63.8 Å². The van der Waals surface area contributed by atoms with E-state index in [9.17, 15) is 9.90 Å². The van der Waals surface area contributed by atoms with Crippen LogP contribution in [-0.4, -0.2) is 27.2 Å². The molecular formula is C18H30N2O2. The van der Waals surface area contributed by atoms with E-state index in [1.54, 1.807) is 6.07 Å². The second-order valence-electron chi connectivity index (χ2n) is 6.48. The zero-order valence-electron chi connectivity index (χ0n) is 14.3. The van der Waals surface area contributed by atoms with Crippen molar-refractivity contribution in [2.24, 2.45) is 0 Å². The highest BCUT2D eigenvalue weighted by molar-refractivity contribution is 5.30. The topological polar surface area (TPSA) is 45.5 Å². The van der Waals surface area contributed by atoms with Gasteiger partial charge in [0, 0.05) is 30.9 Å². The van der Waals surface area contributed by atoms with Crippen molar-refractivity contribution in [1.82, 2.24) is 9.47 Å². The molecule has 1 unspecified atom stereocenters. The Bertz CT molecular complexity index is 551. The van der Waals surface area contributed by atoms with Crippen molar-refractivity contribution in [1.29, 1.82) is 0 Å². The van der Waals surface area contributed by atoms with Gasteiger partial charge >= 0.3 is 0 Å². The molecule has 22 heavy (non-hydrogen) atoms. The van der Waals surface area contributed by atoms with Crippen LogP contribution in [0.3, 0.4) is 0 Å². The lowest BCUT2D eigenvalue weighted by atomic mass is 9.99. The summed E-state index contributed by atoms with van der Waals surface area (Å²) in [6.45, 7) is 8.97. The van der Waals surface area contributed by atoms with Crippen LogP contribution >= 0.6 is 0 Å². The molecule has 0 radical (unpaired) electrons. The number of aromatic hydroxyl groups is 1. The van der Waals surface area contributed by atoms with Crippen LogP contribution in [0.4, 0.5) is 0 Å². The fourth-order valence-corrected chi connectivity index (χ4v) is 3.53. The Morgan fingerprint density at radius 3 is 2.77 bits per heavy atom. The normalized spacial score (nSPS) is 19.5. The average Bonchev–Trinajstić information content (AvgIpc) is 2.52. The molecule has 1 aromatic heterocycles. The molecule has 0 spiro atoms. The molecule has 1 N–H and O–H groups in total. The summed E-state index contributed by atoms with van der Waals surface area (Å²) in [5.41, 5.74) is 1.51. The smallest absolute Gasteiger partial charge is 0.223 e. The largest absolute Gasteiger partial charge is 0.503 e. The number of likely N-dealkylation sites (tertiary alicyclic amines) is 1. The van der Waals surface area contributed by atoms with Crippen LogP contribution in [0.5, 0.6) is 5.75 Å². The second kappa shape index (κ2) is 7.82. The van der Waals surface area contributed by atoms with Gasteiger partial charge in [0.25, 0.3) is 0 Å². The lowest BCUT2D eigenvalue weighted by molar-refractivity contribution is 0.130. The first-order valence-corrected chi connectivity index (χ1v) is 8.74. The van der Waals surface area contributed by atoms with E-state index in [0.29, 0.717) is 12.6 Å². The first-order chi connectivity index (χ1) is 10.6. The Hall–Kier alpha value is -1.29. The van der Waals surface area contributed by atoms with Gasteiger partial charge in [0.05, 0.1) is 5.69 Å². The fourth-order valence-electron chi connectivity index (χ4n) is 3.53. The number of piperidine rings is 1. The summed E-state index contributed by atoms with van der Waals surface area (Å²) >= 11 is 0. The molecule has 1 saturated heterocycles. The predicted octanol–water partition coefficient (Wildman–Crippen LogP) is 3.43. The highest BCUT2D eigenvalue weighted by atomic mass is 16.3. The van der Waals surface area contributed by atoms with Crippen molar-refractivity contribution >= 4 is 0 Å². The van der Waals surface area contributed by atoms with Gasteiger partial charge in [-0.15, -0.1) is 0 Å². The van der Waals surface area contributed by atoms with Crippen molar-refractivity contribution in [2.45, 2.75) is 78.4 Å². The third kappa shape index (κ3) is 3.72. The van der Waals surface area contributed by atoms with Gasteiger partial charge in [0.15, 0.2) is 5.75 Å². The van der Waals surface area contributed by atoms with Crippen LogP contribution in [0.15, 0.2) is 10.9 Å². The average molecular weight is 306 g/mol. The summed E-state index contributed by atoms with van der Waals surface area (Å²) in [7, 11) is 0. The summed E-state index contributed by atoms with van der Waals surface area (Å²) in [6.07, 6.45) is 7.02. The van der Waals surface area contributed by atoms with E-state index in [-0.39, 0.29) is 11.2 Å². The van der Waals surface area contributed by atoms with E-state index in [4.69, 9.17) is 0 Å². The molecule has 1 aliphatic heterocycles. The number of hydrogen-bond acceptors (Lipinski definition) is 3. The van der Waals surface area contributed by atoms with Crippen molar-refractivity contribution in [2.75, 3.05) is 6.54 Å². The Labute approximate surface area is 133 Å². The molecule has 1 atom stereocenters. The van der Waals surface area contributed by atoms with Crippen molar-refractivity contribution < 1.29 is 5.11 Å². The Morgan fingerprint density at radius 2 is 2.09 bits per heavy atom. The maximum atomic E-state index is 12.0. The molecule has 0 amide bonds. The minimum Gasteiger partial charge on any atom is -0.503 e. The van der Waals surface area contributed by atoms with Crippen molar-refractivity contribution in [3.8, 4) is 5.75 Å². The van der Waals surface area contributed by atoms with E-state index < -0.39 is 0 Å². The van der Waals surface area contributed by atoms with E-state index in [0.717, 1.165) is 43.7 Å². The van der Waals surface area contributed by atoms with Crippen LogP contribution in [0.25, 0.3) is 0 Å². The van der Waals surface area contributed by atoms with Gasteiger partial charge in [-0.25, -0.2) is 0 Å². The molecular weight excluding hydrogens is 276 g/mol. The van der Waals surface area contributed by atoms with Gasteiger partial charge in [0.1, 0.15) is 0 Å². The van der Waals surface area contributed by atoms with Crippen LogP contribution in [-0.2, 0) is 13.1 Å². The molecule has 1 fully saturated rings. The fraction of sp³-hybridized carbons (Fsp3) is 0.722. The predicted molar refractivity (Wildman–Crippen MR) is 90.4 cm³/mol. The molecule has 2 heterocycles. The Kier molecular flexibility index (Phi) is 6.07. The van der Waals surface area contributed by atoms with E-state index in [2.05, 4.69) is 23.3 Å². The maximum absolute atomic E-state index is 12.0. The molecule has 4 nitrogen and oxygen atoms in total. The summed E-state index contributed by atoms with van der Waals surface area (Å²) in [6, 6.07) is 2.13. The van der Waals surface area contributed by atoms with Crippen LogP contribution in [0, 0.1) is 6.92 Å². The third-order valence-electron chi connectivity index (χ3n) is 4.91. The number of hydrogen-bond donors (Lipinski definition) is 1. The van der Waals surface area contributed by atoms with Gasteiger partial charge in [-0.1, -0.05) is 26.7 Å². The number of nitrogens with zero attached hydrogens (tertiary/aromatic N) is 2. The molecule has 0 aromatic carbocycles. The number of rotatable bonds is 6. The quantitative estimate of drug-likeness (QED) is 0.876. The first kappa shape index (κ1) is 17.1. The lowest BCUT2D eigenvalue weighted by Gasteiger charge is -2.36. The Balaban J connectivity index is 2.33. The number of pyridine rings is 1. The highest BCUT2D eigenvalue weighted by Crippen LogP contribution is 2.25. The summed E-state index contributed by atoms with van der Waals surface area (Å²) < 4.78 is 2.14. The van der Waals surface area contributed by atoms with Crippen LogP contribution < -0.4 is 5.43 Å². The number of unbranched alkanes of at least 4 members (excludes halogenated alkanes) is 1. The maximum Gasteiger partial charge on any atom is 0.223 e. The molecule has 1 aromatic rings. The van der Waals surface area contributed by atoms with Gasteiger partial charge < -0.3 is 9.67 Å². The zero-order chi connectivity index (χ0) is 16.1. The molecule has 124 valence electrons. The molecule has 1 aliphatic rings. The first-order valence-electron chi connectivity index (χ1n) is 8.74. The minimum absolute atomic E-state index is 0.0536. The lowest BCUT2D eigenvalue weighted by Crippen LogP contribution is -2.39. The van der Waals surface area contributed by atoms with E-state index in [1.165, 1.54) is 19.3 Å². The summed E-state index contributed by atoms with van der Waals surface area (Å²) in [5, 5.41) is 10.3. The number of aryl methyl sites for hydroxylation is 1.